The number of carbonyl (C=O) groups excluding carboxylic acids is 1. The van der Waals surface area contributed by atoms with Gasteiger partial charge in [0.1, 0.15) is 11.4 Å². The summed E-state index contributed by atoms with van der Waals surface area (Å²) in [5.74, 6) is -1.20. The standard InChI is InChI=1S/C22H28FN3O4/c1-22(2,3)30-21(29)25-8-6-15(7-9-25)13-26-14-18(12-24-26)16-4-5-17(11-20(27)28)19(23)10-16/h4-5,10,12,14-15H,6-9,11,13H2,1-3H3,(H,27,28). The summed E-state index contributed by atoms with van der Waals surface area (Å²) in [6.07, 6.45) is 4.68. The fourth-order valence-corrected chi connectivity index (χ4v) is 3.53. The SMILES string of the molecule is CC(C)(C)OC(=O)N1CCC(Cn2cc(-c3ccc(CC(=O)O)c(F)c3)cn2)CC1. The van der Waals surface area contributed by atoms with Gasteiger partial charge in [0.15, 0.2) is 0 Å². The zero-order valence-corrected chi connectivity index (χ0v) is 17.6. The number of piperidine rings is 1. The van der Waals surface area contributed by atoms with Crippen LogP contribution in [0.15, 0.2) is 30.6 Å². The van der Waals surface area contributed by atoms with Gasteiger partial charge in [0.2, 0.25) is 0 Å². The number of carboxylic acid groups (broad SMARTS) is 1. The zero-order valence-electron chi connectivity index (χ0n) is 17.6. The number of likely N-dealkylation sites (tertiary alicyclic amines) is 1. The first-order chi connectivity index (χ1) is 14.1. The van der Waals surface area contributed by atoms with E-state index < -0.39 is 17.4 Å². The molecule has 0 atom stereocenters. The maximum Gasteiger partial charge on any atom is 0.410 e. The fraction of sp³-hybridized carbons (Fsp3) is 0.500. The van der Waals surface area contributed by atoms with E-state index in [-0.39, 0.29) is 18.1 Å². The Morgan fingerprint density at radius 1 is 1.23 bits per heavy atom. The molecule has 0 saturated carbocycles. The van der Waals surface area contributed by atoms with E-state index in [1.54, 1.807) is 17.2 Å². The molecule has 1 fully saturated rings. The van der Waals surface area contributed by atoms with Gasteiger partial charge in [-0.25, -0.2) is 9.18 Å². The van der Waals surface area contributed by atoms with Crippen molar-refractivity contribution in [1.29, 1.82) is 0 Å². The number of nitrogens with zero attached hydrogens (tertiary/aromatic N) is 3. The summed E-state index contributed by atoms with van der Waals surface area (Å²) in [5, 5.41) is 13.2. The van der Waals surface area contributed by atoms with Crippen molar-refractivity contribution in [2.45, 2.75) is 52.2 Å². The number of benzene rings is 1. The summed E-state index contributed by atoms with van der Waals surface area (Å²) in [5.41, 5.74) is 1.11. The number of carbonyl (C=O) groups is 2. The predicted octanol–water partition coefficient (Wildman–Crippen LogP) is 3.96. The van der Waals surface area contributed by atoms with Gasteiger partial charge in [-0.05, 0) is 56.7 Å². The molecule has 0 aliphatic carbocycles. The minimum atomic E-state index is -1.06. The van der Waals surface area contributed by atoms with Crippen molar-refractivity contribution in [3.8, 4) is 11.1 Å². The number of ether oxygens (including phenoxy) is 1. The van der Waals surface area contributed by atoms with E-state index in [0.29, 0.717) is 24.6 Å². The number of halogens is 1. The summed E-state index contributed by atoms with van der Waals surface area (Å²) in [7, 11) is 0. The molecule has 30 heavy (non-hydrogen) atoms. The van der Waals surface area contributed by atoms with E-state index in [9.17, 15) is 14.0 Å². The van der Waals surface area contributed by atoms with E-state index >= 15 is 0 Å². The molecular formula is C22H28FN3O4. The first-order valence-electron chi connectivity index (χ1n) is 10.1. The topological polar surface area (TPSA) is 84.7 Å². The highest BCUT2D eigenvalue weighted by Crippen LogP contribution is 2.24. The lowest BCUT2D eigenvalue weighted by Crippen LogP contribution is -2.42. The van der Waals surface area contributed by atoms with Crippen molar-refractivity contribution >= 4 is 12.1 Å². The first-order valence-corrected chi connectivity index (χ1v) is 10.1. The van der Waals surface area contributed by atoms with Crippen LogP contribution < -0.4 is 0 Å². The van der Waals surface area contributed by atoms with Gasteiger partial charge in [-0.15, -0.1) is 0 Å². The third-order valence-corrected chi connectivity index (χ3v) is 5.07. The average molecular weight is 417 g/mol. The number of hydrogen-bond acceptors (Lipinski definition) is 4. The van der Waals surface area contributed by atoms with Gasteiger partial charge in [0.25, 0.3) is 0 Å². The Morgan fingerprint density at radius 2 is 1.93 bits per heavy atom. The molecule has 0 radical (unpaired) electrons. The van der Waals surface area contributed by atoms with E-state index in [2.05, 4.69) is 5.10 Å². The molecule has 162 valence electrons. The molecule has 1 N–H and O–H groups in total. The molecule has 0 spiro atoms. The van der Waals surface area contributed by atoms with Crippen molar-refractivity contribution < 1.29 is 23.8 Å². The smallest absolute Gasteiger partial charge is 0.410 e. The van der Waals surface area contributed by atoms with Gasteiger partial charge in [0.05, 0.1) is 12.6 Å². The van der Waals surface area contributed by atoms with Gasteiger partial charge in [-0.3, -0.25) is 9.48 Å². The van der Waals surface area contributed by atoms with Crippen molar-refractivity contribution in [2.24, 2.45) is 5.92 Å². The first kappa shape index (κ1) is 21.8. The Kier molecular flexibility index (Phi) is 6.43. The van der Waals surface area contributed by atoms with Crippen molar-refractivity contribution in [1.82, 2.24) is 14.7 Å². The highest BCUT2D eigenvalue weighted by Gasteiger charge is 2.27. The van der Waals surface area contributed by atoms with E-state index in [1.807, 2.05) is 31.6 Å². The number of rotatable bonds is 5. The summed E-state index contributed by atoms with van der Waals surface area (Å²) in [4.78, 5) is 24.7. The van der Waals surface area contributed by atoms with Crippen LogP contribution in [0.4, 0.5) is 9.18 Å². The van der Waals surface area contributed by atoms with Crippen LogP contribution in [0.3, 0.4) is 0 Å². The van der Waals surface area contributed by atoms with Crippen LogP contribution in [0.5, 0.6) is 0 Å². The zero-order chi connectivity index (χ0) is 21.9. The maximum absolute atomic E-state index is 14.1. The maximum atomic E-state index is 14.1. The lowest BCUT2D eigenvalue weighted by atomic mass is 9.97. The molecule has 1 aliphatic heterocycles. The normalized spacial score (nSPS) is 15.3. The highest BCUT2D eigenvalue weighted by molar-refractivity contribution is 5.71. The lowest BCUT2D eigenvalue weighted by Gasteiger charge is -2.33. The van der Waals surface area contributed by atoms with Crippen LogP contribution in [0.1, 0.15) is 39.2 Å². The molecule has 1 aromatic carbocycles. The monoisotopic (exact) mass is 417 g/mol. The van der Waals surface area contributed by atoms with Gasteiger partial charge in [-0.1, -0.05) is 12.1 Å². The minimum absolute atomic E-state index is 0.162. The molecule has 0 bridgehead atoms. The Balaban J connectivity index is 1.56. The second-order valence-corrected chi connectivity index (χ2v) is 8.74. The lowest BCUT2D eigenvalue weighted by molar-refractivity contribution is -0.136. The second kappa shape index (κ2) is 8.85. The van der Waals surface area contributed by atoms with Gasteiger partial charge < -0.3 is 14.7 Å². The van der Waals surface area contributed by atoms with Crippen LogP contribution in [-0.2, 0) is 22.5 Å². The average Bonchev–Trinajstić information content (AvgIpc) is 3.11. The van der Waals surface area contributed by atoms with E-state index in [0.717, 1.165) is 24.9 Å². The largest absolute Gasteiger partial charge is 0.481 e. The van der Waals surface area contributed by atoms with Crippen LogP contribution >= 0.6 is 0 Å². The van der Waals surface area contributed by atoms with Crippen molar-refractivity contribution in [2.75, 3.05) is 13.1 Å². The molecule has 1 amide bonds. The van der Waals surface area contributed by atoms with Crippen LogP contribution in [-0.4, -0.2) is 50.5 Å². The molecule has 1 aliphatic rings. The summed E-state index contributed by atoms with van der Waals surface area (Å²) >= 11 is 0. The summed E-state index contributed by atoms with van der Waals surface area (Å²) in [6.45, 7) is 7.62. The number of carboxylic acids is 1. The molecule has 0 unspecified atom stereocenters. The molecule has 7 nitrogen and oxygen atoms in total. The Bertz CT molecular complexity index is 911. The quantitative estimate of drug-likeness (QED) is 0.796. The van der Waals surface area contributed by atoms with Gasteiger partial charge in [0, 0.05) is 31.4 Å². The molecule has 3 rings (SSSR count). The van der Waals surface area contributed by atoms with Gasteiger partial charge in [-0.2, -0.15) is 5.10 Å². The third kappa shape index (κ3) is 5.81. The van der Waals surface area contributed by atoms with Crippen molar-refractivity contribution in [3.05, 3.63) is 42.0 Å². The van der Waals surface area contributed by atoms with Gasteiger partial charge >= 0.3 is 12.1 Å². The number of amides is 1. The Morgan fingerprint density at radius 3 is 2.53 bits per heavy atom. The number of aliphatic carboxylic acids is 1. The van der Waals surface area contributed by atoms with Crippen LogP contribution in [0, 0.1) is 11.7 Å². The van der Waals surface area contributed by atoms with Crippen LogP contribution in [0.25, 0.3) is 11.1 Å². The van der Waals surface area contributed by atoms with E-state index in [1.165, 1.54) is 12.1 Å². The van der Waals surface area contributed by atoms with Crippen LogP contribution in [0.2, 0.25) is 0 Å². The molecule has 1 aromatic heterocycles. The Hall–Kier alpha value is -2.90. The molecular weight excluding hydrogens is 389 g/mol. The highest BCUT2D eigenvalue weighted by atomic mass is 19.1. The molecule has 2 aromatic rings. The second-order valence-electron chi connectivity index (χ2n) is 8.74. The number of hydrogen-bond donors (Lipinski definition) is 1. The Labute approximate surface area is 175 Å². The van der Waals surface area contributed by atoms with E-state index in [4.69, 9.17) is 9.84 Å². The molecule has 2 heterocycles. The number of aromatic nitrogens is 2. The molecule has 8 heteroatoms. The summed E-state index contributed by atoms with van der Waals surface area (Å²) < 4.78 is 21.4. The third-order valence-electron chi connectivity index (χ3n) is 5.07. The fourth-order valence-electron chi connectivity index (χ4n) is 3.53. The van der Waals surface area contributed by atoms with Crippen molar-refractivity contribution in [3.63, 3.8) is 0 Å². The summed E-state index contributed by atoms with van der Waals surface area (Å²) in [6, 6.07) is 4.56. The molecule has 1 saturated heterocycles. The minimum Gasteiger partial charge on any atom is -0.481 e. The predicted molar refractivity (Wildman–Crippen MR) is 109 cm³/mol.